The maximum absolute atomic E-state index is 11.6. The number of carbonyl (C=O) groups excluding carboxylic acids is 1. The summed E-state index contributed by atoms with van der Waals surface area (Å²) in [7, 11) is 1.73. The molecule has 0 unspecified atom stereocenters. The fraction of sp³-hybridized carbons (Fsp3) is 0.462. The number of ether oxygens (including phenoxy) is 1. The maximum atomic E-state index is 11.6. The quantitative estimate of drug-likeness (QED) is 0.893. The molecule has 100 valence electrons. The van der Waals surface area contributed by atoms with Crippen LogP contribution in [0.4, 0.5) is 0 Å². The van der Waals surface area contributed by atoms with Gasteiger partial charge in [-0.3, -0.25) is 4.79 Å². The van der Waals surface area contributed by atoms with E-state index in [2.05, 4.69) is 0 Å². The van der Waals surface area contributed by atoms with Crippen LogP contribution in [0.2, 0.25) is 5.02 Å². The second-order valence-electron chi connectivity index (χ2n) is 4.18. The van der Waals surface area contributed by atoms with Crippen molar-refractivity contribution in [1.82, 2.24) is 4.90 Å². The highest BCUT2D eigenvalue weighted by molar-refractivity contribution is 6.32. The molecule has 0 aromatic heterocycles. The molecule has 2 N–H and O–H groups in total. The average Bonchev–Trinajstić information content (AvgIpc) is 2.35. The highest BCUT2D eigenvalue weighted by Gasteiger charge is 2.10. The molecule has 1 amide bonds. The molecule has 0 aliphatic heterocycles. The van der Waals surface area contributed by atoms with Gasteiger partial charge in [0.25, 0.3) is 5.91 Å². The van der Waals surface area contributed by atoms with Crippen molar-refractivity contribution in [1.29, 1.82) is 0 Å². The first-order chi connectivity index (χ1) is 8.45. The summed E-state index contributed by atoms with van der Waals surface area (Å²) in [6.45, 7) is 4.43. The predicted octanol–water partition coefficient (Wildman–Crippen LogP) is 2.22. The Kier molecular flexibility index (Phi) is 5.44. The van der Waals surface area contributed by atoms with Crippen LogP contribution in [-0.2, 0) is 4.79 Å². The Balaban J connectivity index is 2.66. The van der Waals surface area contributed by atoms with E-state index in [1.165, 1.54) is 0 Å². The van der Waals surface area contributed by atoms with Gasteiger partial charge in [0.1, 0.15) is 5.75 Å². The molecule has 0 saturated carbocycles. The number of likely N-dealkylation sites (N-methyl/N-ethyl adjacent to an activating group) is 1. The fourth-order valence-electron chi connectivity index (χ4n) is 1.34. The molecule has 1 atom stereocenters. The lowest BCUT2D eigenvalue weighted by atomic mass is 10.1. The molecule has 0 heterocycles. The summed E-state index contributed by atoms with van der Waals surface area (Å²) in [5.74, 6) is 0.420. The molecule has 18 heavy (non-hydrogen) atoms. The van der Waals surface area contributed by atoms with E-state index in [4.69, 9.17) is 22.1 Å². The second-order valence-corrected chi connectivity index (χ2v) is 4.58. The lowest BCUT2D eigenvalue weighted by molar-refractivity contribution is -0.131. The molecule has 4 nitrogen and oxygen atoms in total. The summed E-state index contributed by atoms with van der Waals surface area (Å²) in [5, 5.41) is 0.469. The minimum Gasteiger partial charge on any atom is -0.482 e. The number of benzene rings is 1. The Morgan fingerprint density at radius 3 is 2.72 bits per heavy atom. The predicted molar refractivity (Wildman–Crippen MR) is 72.9 cm³/mol. The highest BCUT2D eigenvalue weighted by Crippen LogP contribution is 2.27. The number of carbonyl (C=O) groups is 1. The summed E-state index contributed by atoms with van der Waals surface area (Å²) < 4.78 is 5.39. The Bertz CT molecular complexity index is 421. The second kappa shape index (κ2) is 6.61. The molecule has 0 spiro atoms. The van der Waals surface area contributed by atoms with E-state index in [0.717, 1.165) is 5.56 Å². The van der Waals surface area contributed by atoms with Crippen molar-refractivity contribution in [2.24, 2.45) is 5.73 Å². The van der Waals surface area contributed by atoms with Crippen molar-refractivity contribution in [2.45, 2.75) is 19.9 Å². The SMILES string of the molecule is CCN(C)C(=O)COc1ccc([C@H](C)N)cc1Cl. The Labute approximate surface area is 113 Å². The maximum Gasteiger partial charge on any atom is 0.260 e. The molecule has 0 fully saturated rings. The number of nitrogens with two attached hydrogens (primary N) is 1. The van der Waals surface area contributed by atoms with Crippen LogP contribution < -0.4 is 10.5 Å². The topological polar surface area (TPSA) is 55.6 Å². The van der Waals surface area contributed by atoms with Gasteiger partial charge in [0.2, 0.25) is 0 Å². The van der Waals surface area contributed by atoms with Gasteiger partial charge in [-0.25, -0.2) is 0 Å². The van der Waals surface area contributed by atoms with Crippen molar-refractivity contribution < 1.29 is 9.53 Å². The third kappa shape index (κ3) is 3.89. The van der Waals surface area contributed by atoms with Crippen LogP contribution >= 0.6 is 11.6 Å². The molecule has 0 aliphatic carbocycles. The zero-order valence-corrected chi connectivity index (χ0v) is 11.7. The Morgan fingerprint density at radius 1 is 1.56 bits per heavy atom. The van der Waals surface area contributed by atoms with E-state index in [9.17, 15) is 4.79 Å². The van der Waals surface area contributed by atoms with Crippen LogP contribution in [0.1, 0.15) is 25.5 Å². The molecule has 1 aromatic carbocycles. The van der Waals surface area contributed by atoms with E-state index in [-0.39, 0.29) is 18.6 Å². The Morgan fingerprint density at radius 2 is 2.22 bits per heavy atom. The number of hydrogen-bond acceptors (Lipinski definition) is 3. The normalized spacial score (nSPS) is 12.1. The van der Waals surface area contributed by atoms with Gasteiger partial charge in [-0.1, -0.05) is 17.7 Å². The summed E-state index contributed by atoms with van der Waals surface area (Å²) >= 11 is 6.06. The van der Waals surface area contributed by atoms with Gasteiger partial charge in [-0.15, -0.1) is 0 Å². The molecule has 5 heteroatoms. The number of amides is 1. The smallest absolute Gasteiger partial charge is 0.260 e. The molecule has 1 rings (SSSR count). The fourth-order valence-corrected chi connectivity index (χ4v) is 1.59. The molecule has 0 aliphatic rings. The van der Waals surface area contributed by atoms with Crippen molar-refractivity contribution in [3.8, 4) is 5.75 Å². The van der Waals surface area contributed by atoms with Gasteiger partial charge in [0.05, 0.1) is 5.02 Å². The van der Waals surface area contributed by atoms with E-state index in [0.29, 0.717) is 17.3 Å². The van der Waals surface area contributed by atoms with E-state index >= 15 is 0 Å². The first-order valence-electron chi connectivity index (χ1n) is 5.87. The van der Waals surface area contributed by atoms with E-state index < -0.39 is 0 Å². The van der Waals surface area contributed by atoms with Crippen molar-refractivity contribution >= 4 is 17.5 Å². The third-order valence-electron chi connectivity index (χ3n) is 2.73. The monoisotopic (exact) mass is 270 g/mol. The van der Waals surface area contributed by atoms with Crippen molar-refractivity contribution in [3.63, 3.8) is 0 Å². The summed E-state index contributed by atoms with van der Waals surface area (Å²) in [6, 6.07) is 5.26. The highest BCUT2D eigenvalue weighted by atomic mass is 35.5. The number of nitrogens with zero attached hydrogens (tertiary/aromatic N) is 1. The summed E-state index contributed by atoms with van der Waals surface area (Å²) in [5.41, 5.74) is 6.69. The lowest BCUT2D eigenvalue weighted by Crippen LogP contribution is -2.31. The molecule has 1 aromatic rings. The van der Waals surface area contributed by atoms with E-state index in [1.54, 1.807) is 24.1 Å². The van der Waals surface area contributed by atoms with Gasteiger partial charge < -0.3 is 15.4 Å². The van der Waals surface area contributed by atoms with Crippen molar-refractivity contribution in [2.75, 3.05) is 20.2 Å². The van der Waals surface area contributed by atoms with Crippen LogP contribution in [0.25, 0.3) is 0 Å². The number of halogens is 1. The first kappa shape index (κ1) is 14.8. The molecule has 0 radical (unpaired) electrons. The Hall–Kier alpha value is -1.26. The van der Waals surface area contributed by atoms with Crippen LogP contribution in [-0.4, -0.2) is 31.0 Å². The summed E-state index contributed by atoms with van der Waals surface area (Å²) in [6.07, 6.45) is 0. The molecule has 0 bridgehead atoms. The van der Waals surface area contributed by atoms with Crippen LogP contribution in [0.3, 0.4) is 0 Å². The minimum atomic E-state index is -0.0793. The zero-order chi connectivity index (χ0) is 13.7. The van der Waals surface area contributed by atoms with Gasteiger partial charge in [0.15, 0.2) is 6.61 Å². The number of rotatable bonds is 5. The van der Waals surface area contributed by atoms with Gasteiger partial charge in [-0.2, -0.15) is 0 Å². The number of hydrogen-bond donors (Lipinski definition) is 1. The molecule has 0 saturated heterocycles. The lowest BCUT2D eigenvalue weighted by Gasteiger charge is -2.15. The van der Waals surface area contributed by atoms with Gasteiger partial charge in [-0.05, 0) is 31.5 Å². The first-order valence-corrected chi connectivity index (χ1v) is 6.25. The van der Waals surface area contributed by atoms with Gasteiger partial charge >= 0.3 is 0 Å². The van der Waals surface area contributed by atoms with Crippen LogP contribution in [0.5, 0.6) is 5.75 Å². The summed E-state index contributed by atoms with van der Waals surface area (Å²) in [4.78, 5) is 13.2. The van der Waals surface area contributed by atoms with Gasteiger partial charge in [0, 0.05) is 19.6 Å². The minimum absolute atomic E-state index is 0.0123. The zero-order valence-electron chi connectivity index (χ0n) is 10.9. The van der Waals surface area contributed by atoms with Crippen LogP contribution in [0.15, 0.2) is 18.2 Å². The van der Waals surface area contributed by atoms with E-state index in [1.807, 2.05) is 19.9 Å². The van der Waals surface area contributed by atoms with Crippen molar-refractivity contribution in [3.05, 3.63) is 28.8 Å². The average molecular weight is 271 g/mol. The largest absolute Gasteiger partial charge is 0.482 e. The third-order valence-corrected chi connectivity index (χ3v) is 3.03. The molecular weight excluding hydrogens is 252 g/mol. The molecular formula is C13H19ClN2O2. The standard InChI is InChI=1S/C13H19ClN2O2/c1-4-16(3)13(17)8-18-12-6-5-10(9(2)15)7-11(12)14/h5-7,9H,4,8,15H2,1-3H3/t9-/m0/s1. The van der Waals surface area contributed by atoms with Crippen LogP contribution in [0, 0.1) is 0 Å².